The van der Waals surface area contributed by atoms with Crippen molar-refractivity contribution in [2.45, 2.75) is 58.0 Å². The molecular formula is C36H52O10. The number of benzene rings is 2. The summed E-state index contributed by atoms with van der Waals surface area (Å²) in [6.45, 7) is 8.73. The Kier molecular flexibility index (Phi) is 20.1. The number of hydrogen-bond acceptors (Lipinski definition) is 10. The number of carbonyl (C=O) groups is 1. The molecule has 2 aromatic carbocycles. The van der Waals surface area contributed by atoms with Gasteiger partial charge < -0.3 is 42.6 Å². The minimum Gasteiger partial charge on any atom is -0.487 e. The molecule has 10 nitrogen and oxygen atoms in total. The Morgan fingerprint density at radius 2 is 1.04 bits per heavy atom. The molecule has 0 saturated heterocycles. The lowest BCUT2D eigenvalue weighted by atomic mass is 10.1. The summed E-state index contributed by atoms with van der Waals surface area (Å²) >= 11 is 0. The van der Waals surface area contributed by atoms with Gasteiger partial charge >= 0.3 is 5.97 Å². The van der Waals surface area contributed by atoms with Gasteiger partial charge in [0.15, 0.2) is 23.0 Å². The number of allylic oxidation sites excluding steroid dienone is 1. The van der Waals surface area contributed by atoms with E-state index in [-0.39, 0.29) is 12.6 Å². The normalized spacial score (nSPS) is 16.1. The largest absolute Gasteiger partial charge is 0.487 e. The molecule has 0 aliphatic carbocycles. The molecule has 0 spiro atoms. The van der Waals surface area contributed by atoms with Crippen molar-refractivity contribution < 1.29 is 47.4 Å². The van der Waals surface area contributed by atoms with Crippen molar-refractivity contribution in [2.24, 2.45) is 0 Å². The Morgan fingerprint density at radius 1 is 0.587 bits per heavy atom. The van der Waals surface area contributed by atoms with Crippen LogP contribution in [-0.4, -0.2) is 85.3 Å². The summed E-state index contributed by atoms with van der Waals surface area (Å²) < 4.78 is 51.7. The van der Waals surface area contributed by atoms with Crippen LogP contribution in [-0.2, 0) is 35.1 Å². The highest BCUT2D eigenvalue weighted by molar-refractivity contribution is 5.69. The van der Waals surface area contributed by atoms with E-state index in [1.54, 1.807) is 0 Å². The second-order valence-electron chi connectivity index (χ2n) is 10.7. The lowest BCUT2D eigenvalue weighted by Gasteiger charge is -2.15. The third-order valence-corrected chi connectivity index (χ3v) is 6.98. The van der Waals surface area contributed by atoms with Crippen molar-refractivity contribution in [3.05, 3.63) is 60.7 Å². The van der Waals surface area contributed by atoms with Crippen LogP contribution in [0.15, 0.2) is 55.1 Å². The molecular weight excluding hydrogens is 592 g/mol. The average molecular weight is 645 g/mol. The van der Waals surface area contributed by atoms with Crippen molar-refractivity contribution in [2.75, 3.05) is 79.3 Å². The summed E-state index contributed by atoms with van der Waals surface area (Å²) in [6.07, 6.45) is 10.1. The number of ether oxygens (including phenoxy) is 9. The summed E-state index contributed by atoms with van der Waals surface area (Å²) in [5.74, 6) is 2.28. The molecule has 46 heavy (non-hydrogen) atoms. The van der Waals surface area contributed by atoms with E-state index in [1.165, 1.54) is 19.3 Å². The van der Waals surface area contributed by atoms with Gasteiger partial charge in [-0.25, -0.2) is 0 Å². The highest BCUT2D eigenvalue weighted by Gasteiger charge is 2.10. The van der Waals surface area contributed by atoms with Crippen molar-refractivity contribution in [3.8, 4) is 23.0 Å². The summed E-state index contributed by atoms with van der Waals surface area (Å²) in [5.41, 5.74) is 0.822. The predicted octanol–water partition coefficient (Wildman–Crippen LogP) is 6.33. The Morgan fingerprint density at radius 3 is 1.59 bits per heavy atom. The number of para-hydroxylation sites is 2. The van der Waals surface area contributed by atoms with E-state index in [4.69, 9.17) is 42.6 Å². The lowest BCUT2D eigenvalue weighted by Crippen LogP contribution is -2.15. The zero-order valence-electron chi connectivity index (χ0n) is 27.3. The van der Waals surface area contributed by atoms with Crippen LogP contribution in [0.2, 0.25) is 0 Å². The molecule has 0 amide bonds. The fourth-order valence-electron chi connectivity index (χ4n) is 4.55. The second-order valence-corrected chi connectivity index (χ2v) is 10.7. The molecule has 0 bridgehead atoms. The first-order valence-electron chi connectivity index (χ1n) is 16.6. The molecule has 1 aliphatic rings. The smallest absolute Gasteiger partial charge is 0.306 e. The Bertz CT molecular complexity index is 1090. The van der Waals surface area contributed by atoms with Crippen LogP contribution in [0.3, 0.4) is 0 Å². The summed E-state index contributed by atoms with van der Waals surface area (Å²) in [6, 6.07) is 13.1. The van der Waals surface area contributed by atoms with Gasteiger partial charge in [-0.15, -0.1) is 6.58 Å². The maximum atomic E-state index is 12.3. The van der Waals surface area contributed by atoms with Crippen LogP contribution < -0.4 is 18.9 Å². The summed E-state index contributed by atoms with van der Waals surface area (Å²) in [5, 5.41) is 0. The monoisotopic (exact) mass is 644 g/mol. The van der Waals surface area contributed by atoms with Crippen LogP contribution in [0.4, 0.5) is 0 Å². The van der Waals surface area contributed by atoms with E-state index in [2.05, 4.69) is 6.58 Å². The highest BCUT2D eigenvalue weighted by Crippen LogP contribution is 2.29. The van der Waals surface area contributed by atoms with Gasteiger partial charge in [-0.1, -0.05) is 50.0 Å². The minimum atomic E-state index is -0.188. The molecule has 0 N–H and O–H groups in total. The molecule has 3 rings (SSSR count). The Hall–Kier alpha value is -3.31. The average Bonchev–Trinajstić information content (AvgIpc) is 3.07. The number of fused-ring (bicyclic) bond motifs is 2. The van der Waals surface area contributed by atoms with Gasteiger partial charge in [0, 0.05) is 6.42 Å². The summed E-state index contributed by atoms with van der Waals surface area (Å²) in [4.78, 5) is 12.3. The maximum Gasteiger partial charge on any atom is 0.306 e. The number of hydrogen-bond donors (Lipinski definition) is 0. The second kappa shape index (κ2) is 24.9. The predicted molar refractivity (Wildman–Crippen MR) is 175 cm³/mol. The van der Waals surface area contributed by atoms with E-state index >= 15 is 0 Å². The molecule has 0 unspecified atom stereocenters. The standard InChI is InChI=1S/C36H52O10/c1-2-3-4-5-6-7-8-9-14-36(37)46-30-31-15-16-34-35(29-31)45-28-24-41-20-19-39-22-26-43-33-13-11-10-12-32(33)42-25-21-38-17-18-40-23-27-44-34/h2,10-13,15-16,29H,1,3-9,14,17-28,30H2. The van der Waals surface area contributed by atoms with Crippen molar-refractivity contribution >= 4 is 5.97 Å². The molecule has 256 valence electrons. The van der Waals surface area contributed by atoms with Crippen molar-refractivity contribution in [3.63, 3.8) is 0 Å². The fourth-order valence-corrected chi connectivity index (χ4v) is 4.55. The van der Waals surface area contributed by atoms with Crippen LogP contribution in [0, 0.1) is 0 Å². The molecule has 10 heteroatoms. The third kappa shape index (κ3) is 16.8. The topological polar surface area (TPSA) is 100 Å². The van der Waals surface area contributed by atoms with Gasteiger partial charge in [-0.3, -0.25) is 4.79 Å². The minimum absolute atomic E-state index is 0.175. The number of unbranched alkanes of at least 4 members (excludes halogenated alkanes) is 6. The van der Waals surface area contributed by atoms with Gasteiger partial charge in [0.2, 0.25) is 0 Å². The van der Waals surface area contributed by atoms with Gasteiger partial charge in [0.1, 0.15) is 33.0 Å². The van der Waals surface area contributed by atoms with Gasteiger partial charge in [-0.05, 0) is 49.1 Å². The molecule has 0 saturated carbocycles. The van der Waals surface area contributed by atoms with E-state index in [1.807, 2.05) is 48.5 Å². The van der Waals surface area contributed by atoms with E-state index in [0.717, 1.165) is 31.2 Å². The number of esters is 1. The highest BCUT2D eigenvalue weighted by atomic mass is 16.6. The lowest BCUT2D eigenvalue weighted by molar-refractivity contribution is -0.145. The Balaban J connectivity index is 1.42. The summed E-state index contributed by atoms with van der Waals surface area (Å²) in [7, 11) is 0. The first-order chi connectivity index (χ1) is 22.8. The molecule has 2 aromatic rings. The van der Waals surface area contributed by atoms with Gasteiger partial charge in [0.05, 0.1) is 52.9 Å². The van der Waals surface area contributed by atoms with Crippen LogP contribution in [0.25, 0.3) is 0 Å². The molecule has 0 radical (unpaired) electrons. The molecule has 1 aliphatic heterocycles. The van der Waals surface area contributed by atoms with Crippen molar-refractivity contribution in [1.82, 2.24) is 0 Å². The quantitative estimate of drug-likeness (QED) is 0.157. The van der Waals surface area contributed by atoms with Crippen LogP contribution in [0.1, 0.15) is 56.9 Å². The third-order valence-electron chi connectivity index (χ3n) is 6.98. The first-order valence-corrected chi connectivity index (χ1v) is 16.6. The SMILES string of the molecule is C=CCCCCCCCCC(=O)OCc1ccc2c(c1)OCCOCCOCCOc1ccccc1OCCOCCOCCO2. The van der Waals surface area contributed by atoms with Crippen LogP contribution >= 0.6 is 0 Å². The van der Waals surface area contributed by atoms with Crippen LogP contribution in [0.5, 0.6) is 23.0 Å². The fraction of sp³-hybridized carbons (Fsp3) is 0.583. The molecule has 1 heterocycles. The maximum absolute atomic E-state index is 12.3. The zero-order valence-corrected chi connectivity index (χ0v) is 27.3. The zero-order chi connectivity index (χ0) is 32.3. The molecule has 0 aromatic heterocycles. The number of rotatable bonds is 11. The van der Waals surface area contributed by atoms with E-state index in [0.29, 0.717) is 109 Å². The van der Waals surface area contributed by atoms with Crippen molar-refractivity contribution in [1.29, 1.82) is 0 Å². The van der Waals surface area contributed by atoms with Gasteiger partial charge in [-0.2, -0.15) is 0 Å². The number of carbonyl (C=O) groups excluding carboxylic acids is 1. The van der Waals surface area contributed by atoms with E-state index in [9.17, 15) is 4.79 Å². The van der Waals surface area contributed by atoms with E-state index < -0.39 is 0 Å². The Labute approximate surface area is 274 Å². The van der Waals surface area contributed by atoms with Gasteiger partial charge in [0.25, 0.3) is 0 Å². The molecule has 0 fully saturated rings. The first kappa shape index (κ1) is 37.2. The molecule has 0 atom stereocenters.